The monoisotopic (exact) mass is 310 g/mol. The Morgan fingerprint density at radius 1 is 1.05 bits per heavy atom. The highest BCUT2D eigenvalue weighted by atomic mass is 19.4. The summed E-state index contributed by atoms with van der Waals surface area (Å²) < 4.78 is 49.5. The van der Waals surface area contributed by atoms with Crippen LogP contribution in [0, 0.1) is 0 Å². The maximum absolute atomic E-state index is 13.0. The van der Waals surface area contributed by atoms with Crippen molar-refractivity contribution in [2.24, 2.45) is 0 Å². The number of benzene rings is 2. The van der Waals surface area contributed by atoms with Crippen LogP contribution in [0.25, 0.3) is 0 Å². The van der Waals surface area contributed by atoms with Gasteiger partial charge in [-0.05, 0) is 11.6 Å². The number of hydrogen-bond donors (Lipinski definition) is 1. The zero-order chi connectivity index (χ0) is 15.7. The highest BCUT2D eigenvalue weighted by Crippen LogP contribution is 2.50. The van der Waals surface area contributed by atoms with Crippen molar-refractivity contribution in [1.82, 2.24) is 0 Å². The smallest absolute Gasteiger partial charge is 0.401 e. The van der Waals surface area contributed by atoms with Gasteiger partial charge in [-0.3, -0.25) is 0 Å². The molecule has 1 aliphatic heterocycles. The molecule has 0 saturated heterocycles. The summed E-state index contributed by atoms with van der Waals surface area (Å²) in [7, 11) is 0. The molecule has 0 bridgehead atoms. The maximum Gasteiger partial charge on any atom is 0.401 e. The van der Waals surface area contributed by atoms with Crippen LogP contribution in [0.4, 0.5) is 13.2 Å². The van der Waals surface area contributed by atoms with E-state index in [-0.39, 0.29) is 23.7 Å². The van der Waals surface area contributed by atoms with Crippen LogP contribution in [0.1, 0.15) is 17.0 Å². The van der Waals surface area contributed by atoms with E-state index in [1.807, 2.05) is 30.3 Å². The van der Waals surface area contributed by atoms with E-state index in [9.17, 15) is 18.3 Å². The van der Waals surface area contributed by atoms with Gasteiger partial charge in [-0.15, -0.1) is 0 Å². The van der Waals surface area contributed by atoms with E-state index in [2.05, 4.69) is 0 Å². The molecule has 1 heterocycles. The molecule has 0 fully saturated rings. The molecule has 0 saturated carbocycles. The van der Waals surface area contributed by atoms with Gasteiger partial charge in [0.05, 0.1) is 0 Å². The largest absolute Gasteiger partial charge is 0.485 e. The molecule has 3 rings (SSSR count). The Hall–Kier alpha value is -2.21. The van der Waals surface area contributed by atoms with Gasteiger partial charge in [0.25, 0.3) is 0 Å². The molecule has 2 aromatic rings. The third kappa shape index (κ3) is 2.74. The lowest BCUT2D eigenvalue weighted by atomic mass is 9.99. The molecule has 0 radical (unpaired) electrons. The zero-order valence-corrected chi connectivity index (χ0v) is 11.4. The summed E-state index contributed by atoms with van der Waals surface area (Å²) in [5, 5.41) is 9.56. The van der Waals surface area contributed by atoms with Crippen molar-refractivity contribution in [2.75, 3.05) is 0 Å². The molecule has 0 unspecified atom stereocenters. The quantitative estimate of drug-likeness (QED) is 0.941. The number of para-hydroxylation sites is 1. The van der Waals surface area contributed by atoms with E-state index < -0.39 is 18.4 Å². The topological polar surface area (TPSA) is 38.7 Å². The second-order valence-corrected chi connectivity index (χ2v) is 4.98. The lowest BCUT2D eigenvalue weighted by Gasteiger charge is -2.16. The van der Waals surface area contributed by atoms with E-state index in [0.717, 1.165) is 5.56 Å². The Labute approximate surface area is 124 Å². The standard InChI is InChI=1S/C16H13F3O3/c17-16(18,19)13-11-7-4-8-12(14(11)22-15(13)20)21-9-10-5-2-1-3-6-10/h1-8,13,15,20H,9H2/t13-,15-/m1/s1. The summed E-state index contributed by atoms with van der Waals surface area (Å²) in [6.07, 6.45) is -6.53. The van der Waals surface area contributed by atoms with Crippen LogP contribution in [-0.2, 0) is 6.61 Å². The first-order valence-electron chi connectivity index (χ1n) is 6.68. The summed E-state index contributed by atoms with van der Waals surface area (Å²) in [6, 6.07) is 13.5. The van der Waals surface area contributed by atoms with E-state index in [4.69, 9.17) is 9.47 Å². The molecule has 0 aromatic heterocycles. The van der Waals surface area contributed by atoms with Crippen LogP contribution >= 0.6 is 0 Å². The maximum atomic E-state index is 13.0. The summed E-state index contributed by atoms with van der Waals surface area (Å²) in [5.74, 6) is -1.91. The fourth-order valence-corrected chi connectivity index (χ4v) is 2.43. The SMILES string of the molecule is O[C@@H]1Oc2c(OCc3ccccc3)cccc2[C@H]1C(F)(F)F. The lowest BCUT2D eigenvalue weighted by molar-refractivity contribution is -0.192. The first kappa shape index (κ1) is 14.7. The number of rotatable bonds is 3. The summed E-state index contributed by atoms with van der Waals surface area (Å²) in [5.41, 5.74) is 0.775. The fourth-order valence-electron chi connectivity index (χ4n) is 2.43. The third-order valence-electron chi connectivity index (χ3n) is 3.46. The summed E-state index contributed by atoms with van der Waals surface area (Å²) in [6.45, 7) is 0.202. The second kappa shape index (κ2) is 5.53. The van der Waals surface area contributed by atoms with E-state index in [0.29, 0.717) is 0 Å². The Morgan fingerprint density at radius 3 is 2.45 bits per heavy atom. The number of aliphatic hydroxyl groups is 1. The Kier molecular flexibility index (Phi) is 3.70. The van der Waals surface area contributed by atoms with Crippen LogP contribution in [0.3, 0.4) is 0 Å². The number of ether oxygens (including phenoxy) is 2. The molecule has 0 amide bonds. The highest BCUT2D eigenvalue weighted by molar-refractivity contribution is 5.51. The van der Waals surface area contributed by atoms with Crippen molar-refractivity contribution in [2.45, 2.75) is 25.0 Å². The van der Waals surface area contributed by atoms with Gasteiger partial charge < -0.3 is 14.6 Å². The van der Waals surface area contributed by atoms with Gasteiger partial charge in [0, 0.05) is 5.56 Å². The molecular formula is C16H13F3O3. The van der Waals surface area contributed by atoms with Crippen molar-refractivity contribution in [3.63, 3.8) is 0 Å². The molecule has 1 aliphatic rings. The number of fused-ring (bicyclic) bond motifs is 1. The molecule has 2 aromatic carbocycles. The summed E-state index contributed by atoms with van der Waals surface area (Å²) in [4.78, 5) is 0. The first-order chi connectivity index (χ1) is 10.5. The van der Waals surface area contributed by atoms with Gasteiger partial charge in [0.1, 0.15) is 12.5 Å². The van der Waals surface area contributed by atoms with Crippen molar-refractivity contribution < 1.29 is 27.8 Å². The van der Waals surface area contributed by atoms with Crippen LogP contribution < -0.4 is 9.47 Å². The predicted octanol–water partition coefficient (Wildman–Crippen LogP) is 3.62. The van der Waals surface area contributed by atoms with Crippen molar-refractivity contribution >= 4 is 0 Å². The van der Waals surface area contributed by atoms with Gasteiger partial charge >= 0.3 is 6.18 Å². The van der Waals surface area contributed by atoms with Gasteiger partial charge in [0.15, 0.2) is 11.5 Å². The Balaban J connectivity index is 1.85. The van der Waals surface area contributed by atoms with Crippen molar-refractivity contribution in [3.05, 3.63) is 59.7 Å². The molecule has 116 valence electrons. The average Bonchev–Trinajstić information content (AvgIpc) is 2.82. The first-order valence-corrected chi connectivity index (χ1v) is 6.68. The molecule has 0 aliphatic carbocycles. The van der Waals surface area contributed by atoms with Crippen molar-refractivity contribution in [1.29, 1.82) is 0 Å². The minimum atomic E-state index is -4.58. The number of aliphatic hydroxyl groups excluding tert-OH is 1. The second-order valence-electron chi connectivity index (χ2n) is 4.98. The normalized spacial score (nSPS) is 20.4. The Bertz CT molecular complexity index is 655. The minimum Gasteiger partial charge on any atom is -0.485 e. The zero-order valence-electron chi connectivity index (χ0n) is 11.4. The Morgan fingerprint density at radius 2 is 1.77 bits per heavy atom. The molecule has 1 N–H and O–H groups in total. The molecule has 3 nitrogen and oxygen atoms in total. The van der Waals surface area contributed by atoms with Gasteiger partial charge in [-0.1, -0.05) is 42.5 Å². The lowest BCUT2D eigenvalue weighted by Crippen LogP contribution is -2.30. The number of alkyl halides is 3. The molecule has 2 atom stereocenters. The fraction of sp³-hybridized carbons (Fsp3) is 0.250. The van der Waals surface area contributed by atoms with Crippen LogP contribution in [0.15, 0.2) is 48.5 Å². The van der Waals surface area contributed by atoms with Gasteiger partial charge in [-0.25, -0.2) is 0 Å². The third-order valence-corrected chi connectivity index (χ3v) is 3.46. The van der Waals surface area contributed by atoms with Crippen LogP contribution in [-0.4, -0.2) is 17.6 Å². The van der Waals surface area contributed by atoms with E-state index >= 15 is 0 Å². The van der Waals surface area contributed by atoms with Crippen LogP contribution in [0.2, 0.25) is 0 Å². The minimum absolute atomic E-state index is 0.0479. The van der Waals surface area contributed by atoms with Gasteiger partial charge in [-0.2, -0.15) is 13.2 Å². The molecule has 0 spiro atoms. The average molecular weight is 310 g/mol. The van der Waals surface area contributed by atoms with Crippen molar-refractivity contribution in [3.8, 4) is 11.5 Å². The highest BCUT2D eigenvalue weighted by Gasteiger charge is 2.52. The number of hydrogen-bond acceptors (Lipinski definition) is 3. The molecule has 22 heavy (non-hydrogen) atoms. The van der Waals surface area contributed by atoms with Crippen LogP contribution in [0.5, 0.6) is 11.5 Å². The molecule has 6 heteroatoms. The van der Waals surface area contributed by atoms with E-state index in [1.54, 1.807) is 0 Å². The van der Waals surface area contributed by atoms with E-state index in [1.165, 1.54) is 18.2 Å². The van der Waals surface area contributed by atoms with Gasteiger partial charge in [0.2, 0.25) is 6.29 Å². The number of halogens is 3. The molecular weight excluding hydrogens is 297 g/mol. The predicted molar refractivity (Wildman–Crippen MR) is 72.6 cm³/mol. The summed E-state index contributed by atoms with van der Waals surface area (Å²) >= 11 is 0.